The molecule has 6 rings (SSSR count). The van der Waals surface area contributed by atoms with Crippen molar-refractivity contribution in [2.75, 3.05) is 0 Å². The zero-order valence-corrected chi connectivity index (χ0v) is 27.5. The molecule has 0 N–H and O–H groups in total. The van der Waals surface area contributed by atoms with Gasteiger partial charge in [-0.05, 0) is 45.7 Å². The molecule has 0 spiro atoms. The van der Waals surface area contributed by atoms with Gasteiger partial charge in [-0.2, -0.15) is 0 Å². The van der Waals surface area contributed by atoms with Crippen molar-refractivity contribution in [2.45, 2.75) is 25.4 Å². The third-order valence-electron chi connectivity index (χ3n) is 8.03. The van der Waals surface area contributed by atoms with Gasteiger partial charge in [0.05, 0.1) is 21.0 Å². The molecule has 5 aromatic carbocycles. The minimum absolute atomic E-state index is 0.210. The Kier molecular flexibility index (Phi) is 10.6. The van der Waals surface area contributed by atoms with Crippen molar-refractivity contribution < 1.29 is 0 Å². The maximum atomic E-state index is 4.41. The van der Waals surface area contributed by atoms with Crippen molar-refractivity contribution >= 4 is 28.1 Å². The van der Waals surface area contributed by atoms with Gasteiger partial charge in [-0.1, -0.05) is 165 Å². The first-order chi connectivity index (χ1) is 21.6. The summed E-state index contributed by atoms with van der Waals surface area (Å²) in [7, 11) is 1.29. The molecule has 0 aliphatic carbocycles. The molecule has 0 saturated heterocycles. The fraction of sp³-hybridized carbons (Fsp3) is 0.125. The van der Waals surface area contributed by atoms with Crippen molar-refractivity contribution in [1.82, 2.24) is 9.55 Å². The van der Waals surface area contributed by atoms with Crippen LogP contribution in [-0.4, -0.2) is 26.9 Å². The van der Waals surface area contributed by atoms with Gasteiger partial charge in [0.1, 0.15) is 7.85 Å². The maximum absolute atomic E-state index is 4.41. The summed E-state index contributed by atoms with van der Waals surface area (Å²) in [4.78, 5) is 4.41. The number of imidazole rings is 1. The van der Waals surface area contributed by atoms with E-state index in [9.17, 15) is 0 Å². The Morgan fingerprint density at radius 1 is 0.705 bits per heavy atom. The number of rotatable bonds is 9. The highest BCUT2D eigenvalue weighted by Gasteiger charge is 2.36. The van der Waals surface area contributed by atoms with Crippen LogP contribution in [0, 0.1) is 5.92 Å². The summed E-state index contributed by atoms with van der Waals surface area (Å²) in [6.45, 7) is 4.55. The predicted octanol–water partition coefficient (Wildman–Crippen LogP) is 7.03. The minimum atomic E-state index is -0.790. The summed E-state index contributed by atoms with van der Waals surface area (Å²) in [5.74, 6) is 2.83. The number of nitrogens with zero attached hydrogens (tertiary/aromatic N) is 2. The zero-order chi connectivity index (χ0) is 30.6. The average Bonchev–Trinajstić information content (AvgIpc) is 3.62. The van der Waals surface area contributed by atoms with Crippen molar-refractivity contribution in [3.05, 3.63) is 198 Å². The van der Waals surface area contributed by atoms with Gasteiger partial charge in [-0.15, -0.1) is 5.98 Å². The van der Waals surface area contributed by atoms with Gasteiger partial charge in [0, 0.05) is 12.4 Å². The number of aromatic nitrogens is 2. The summed E-state index contributed by atoms with van der Waals surface area (Å²) in [6, 6.07) is 52.1. The fourth-order valence-electron chi connectivity index (χ4n) is 5.97. The Morgan fingerprint density at radius 2 is 1.18 bits per heavy atom. The SMILES string of the molecule is BC=C(c1ccccc1)c1ccccc1.CC(C)Cc1ccc([SiH2]C(c2ccccc2)(c2ccccc2)n2ccnc2)cc1. The molecule has 44 heavy (non-hydrogen) atoms. The van der Waals surface area contributed by atoms with E-state index in [1.165, 1.54) is 38.6 Å². The Bertz CT molecular complexity index is 1620. The molecule has 0 fully saturated rings. The van der Waals surface area contributed by atoms with E-state index in [-0.39, 0.29) is 5.16 Å². The molecular formula is C40H41BN2Si. The Labute approximate surface area is 266 Å². The molecule has 4 heteroatoms. The fourth-order valence-corrected chi connectivity index (χ4v) is 8.28. The molecule has 0 saturated carbocycles. The molecule has 1 aromatic heterocycles. The van der Waals surface area contributed by atoms with Gasteiger partial charge >= 0.3 is 0 Å². The molecule has 6 aromatic rings. The van der Waals surface area contributed by atoms with E-state index in [0.29, 0.717) is 5.92 Å². The van der Waals surface area contributed by atoms with Crippen LogP contribution in [0.2, 0.25) is 0 Å². The molecular weight excluding hydrogens is 547 g/mol. The van der Waals surface area contributed by atoms with Gasteiger partial charge in [0.2, 0.25) is 0 Å². The van der Waals surface area contributed by atoms with Crippen LogP contribution in [0.4, 0.5) is 0 Å². The second-order valence-electron chi connectivity index (χ2n) is 11.6. The Morgan fingerprint density at radius 3 is 1.59 bits per heavy atom. The van der Waals surface area contributed by atoms with Crippen LogP contribution in [0.5, 0.6) is 0 Å². The van der Waals surface area contributed by atoms with Gasteiger partial charge in [0.15, 0.2) is 0 Å². The molecule has 2 nitrogen and oxygen atoms in total. The highest BCUT2D eigenvalue weighted by molar-refractivity contribution is 6.57. The Balaban J connectivity index is 0.000000215. The molecule has 0 amide bonds. The zero-order valence-electron chi connectivity index (χ0n) is 26.1. The summed E-state index contributed by atoms with van der Waals surface area (Å²) in [5, 5.41) is 1.25. The molecule has 0 radical (unpaired) electrons. The molecule has 218 valence electrons. The Hall–Kier alpha value is -4.67. The van der Waals surface area contributed by atoms with Crippen molar-refractivity contribution in [3.8, 4) is 0 Å². The third-order valence-corrected chi connectivity index (χ3v) is 10.6. The van der Waals surface area contributed by atoms with Gasteiger partial charge in [-0.3, -0.25) is 0 Å². The van der Waals surface area contributed by atoms with E-state index in [1.807, 2.05) is 24.7 Å². The van der Waals surface area contributed by atoms with Crippen molar-refractivity contribution in [1.29, 1.82) is 0 Å². The molecule has 0 bridgehead atoms. The lowest BCUT2D eigenvalue weighted by atomic mass is 9.92. The van der Waals surface area contributed by atoms with Gasteiger partial charge in [0.25, 0.3) is 0 Å². The summed E-state index contributed by atoms with van der Waals surface area (Å²) in [6.07, 6.45) is 7.10. The highest BCUT2D eigenvalue weighted by atomic mass is 28.2. The van der Waals surface area contributed by atoms with Crippen LogP contribution in [-0.2, 0) is 11.6 Å². The summed E-state index contributed by atoms with van der Waals surface area (Å²) in [5.41, 5.74) is 7.89. The maximum Gasteiger partial charge on any atom is 0.130 e. The normalized spacial score (nSPS) is 11.2. The first kappa shape index (κ1) is 30.8. The highest BCUT2D eigenvalue weighted by Crippen LogP contribution is 2.33. The van der Waals surface area contributed by atoms with Gasteiger partial charge in [-0.25, -0.2) is 4.98 Å². The number of hydrogen-bond donors (Lipinski definition) is 0. The average molecular weight is 589 g/mol. The number of hydrogen-bond acceptors (Lipinski definition) is 1. The predicted molar refractivity (Wildman–Crippen MR) is 193 cm³/mol. The molecule has 0 aliphatic rings. The second-order valence-corrected chi connectivity index (χ2v) is 13.8. The monoisotopic (exact) mass is 588 g/mol. The quantitative estimate of drug-likeness (QED) is 0.166. The van der Waals surface area contributed by atoms with Crippen LogP contribution in [0.15, 0.2) is 170 Å². The van der Waals surface area contributed by atoms with E-state index >= 15 is 0 Å². The standard InChI is InChI=1S/C26H28N2Si.C14H13B/c1-21(2)19-22-13-15-25(16-14-22)29-26(28-18-17-27-20-28,23-9-5-3-6-10-23)24-11-7-4-8-12-24;15-11-14(12-7-3-1-4-8-12)13-9-5-2-6-10-13/h3-18,20-21H,19,29H2,1-2H3;1-11H,15H2. The van der Waals surface area contributed by atoms with Crippen LogP contribution in [0.3, 0.4) is 0 Å². The lowest BCUT2D eigenvalue weighted by Gasteiger charge is -2.37. The van der Waals surface area contributed by atoms with E-state index in [4.69, 9.17) is 0 Å². The van der Waals surface area contributed by atoms with E-state index in [2.05, 4.69) is 177 Å². The largest absolute Gasteiger partial charge is 0.326 e. The van der Waals surface area contributed by atoms with E-state index in [1.54, 1.807) is 0 Å². The van der Waals surface area contributed by atoms with Gasteiger partial charge < -0.3 is 4.57 Å². The van der Waals surface area contributed by atoms with Crippen LogP contribution in [0.1, 0.15) is 41.7 Å². The molecule has 1 heterocycles. The van der Waals surface area contributed by atoms with Crippen LogP contribution < -0.4 is 5.19 Å². The van der Waals surface area contributed by atoms with Crippen LogP contribution in [0.25, 0.3) is 5.57 Å². The third kappa shape index (κ3) is 7.45. The van der Waals surface area contributed by atoms with E-state index in [0.717, 1.165) is 6.42 Å². The summed E-state index contributed by atoms with van der Waals surface area (Å²) < 4.78 is 2.31. The molecule has 0 aliphatic heterocycles. The summed E-state index contributed by atoms with van der Waals surface area (Å²) >= 11 is 0. The first-order valence-corrected chi connectivity index (χ1v) is 17.0. The van der Waals surface area contributed by atoms with Crippen molar-refractivity contribution in [2.24, 2.45) is 5.92 Å². The molecule has 0 unspecified atom stereocenters. The van der Waals surface area contributed by atoms with Crippen LogP contribution >= 0.6 is 0 Å². The molecule has 0 atom stereocenters. The minimum Gasteiger partial charge on any atom is -0.326 e. The first-order valence-electron chi connectivity index (χ1n) is 15.5. The number of benzene rings is 5. The lowest BCUT2D eigenvalue weighted by molar-refractivity contribution is 0.596. The second kappa shape index (κ2) is 15.2. The van der Waals surface area contributed by atoms with E-state index < -0.39 is 9.52 Å². The van der Waals surface area contributed by atoms with Crippen molar-refractivity contribution in [3.63, 3.8) is 0 Å². The topological polar surface area (TPSA) is 17.8 Å². The smallest absolute Gasteiger partial charge is 0.130 e. The lowest BCUT2D eigenvalue weighted by Crippen LogP contribution is -2.46.